The number of nitrogens with one attached hydrogen (secondary N) is 2. The zero-order valence-corrected chi connectivity index (χ0v) is 16.3. The molecule has 0 aliphatic heterocycles. The fraction of sp³-hybridized carbons (Fsp3) is 0.350. The Morgan fingerprint density at radius 3 is 2.40 bits per heavy atom. The maximum absolute atomic E-state index is 5.51. The molecule has 1 atom stereocenters. The van der Waals surface area contributed by atoms with Gasteiger partial charge in [0, 0.05) is 5.69 Å². The van der Waals surface area contributed by atoms with Crippen molar-refractivity contribution in [1.29, 1.82) is 0 Å². The number of ether oxygens (including phenoxy) is 2. The van der Waals surface area contributed by atoms with E-state index in [-0.39, 0.29) is 6.04 Å². The molecule has 0 saturated carbocycles. The summed E-state index contributed by atoms with van der Waals surface area (Å²) in [4.78, 5) is 0. The van der Waals surface area contributed by atoms with Crippen LogP contribution in [-0.4, -0.2) is 19.3 Å². The third-order valence-corrected chi connectivity index (χ3v) is 4.38. The normalized spacial score (nSPS) is 11.6. The van der Waals surface area contributed by atoms with Crippen LogP contribution in [0.2, 0.25) is 0 Å². The maximum atomic E-state index is 5.51. The van der Waals surface area contributed by atoms with Crippen LogP contribution in [0.15, 0.2) is 36.4 Å². The van der Waals surface area contributed by atoms with Crippen molar-refractivity contribution < 1.29 is 9.47 Å². The second-order valence-electron chi connectivity index (χ2n) is 5.99. The second-order valence-corrected chi connectivity index (χ2v) is 6.40. The molecular weight excluding hydrogens is 332 g/mol. The van der Waals surface area contributed by atoms with Gasteiger partial charge >= 0.3 is 0 Å². The zero-order chi connectivity index (χ0) is 18.4. The minimum atomic E-state index is 0.0879. The molecule has 0 amide bonds. The summed E-state index contributed by atoms with van der Waals surface area (Å²) in [5.74, 6) is 1.44. The number of thiocarbonyl (C=S) groups is 1. The molecule has 0 aliphatic carbocycles. The summed E-state index contributed by atoms with van der Waals surface area (Å²) in [7, 11) is 3.28. The second kappa shape index (κ2) is 8.72. The molecule has 1 unspecified atom stereocenters. The Morgan fingerprint density at radius 2 is 1.76 bits per heavy atom. The average molecular weight is 359 g/mol. The van der Waals surface area contributed by atoms with Crippen molar-refractivity contribution in [3.8, 4) is 11.5 Å². The number of rotatable bonds is 6. The first-order chi connectivity index (χ1) is 12.0. The van der Waals surface area contributed by atoms with E-state index in [1.807, 2.05) is 18.2 Å². The lowest BCUT2D eigenvalue weighted by molar-refractivity contribution is 0.354. The van der Waals surface area contributed by atoms with Crippen molar-refractivity contribution >= 4 is 23.0 Å². The molecule has 134 valence electrons. The van der Waals surface area contributed by atoms with Crippen LogP contribution in [0.5, 0.6) is 11.5 Å². The molecule has 2 aromatic carbocycles. The van der Waals surface area contributed by atoms with E-state index in [0.717, 1.165) is 29.0 Å². The minimum absolute atomic E-state index is 0.0879. The summed E-state index contributed by atoms with van der Waals surface area (Å²) >= 11 is 5.51. The number of methoxy groups -OCH3 is 2. The van der Waals surface area contributed by atoms with Crippen LogP contribution in [0, 0.1) is 13.8 Å². The summed E-state index contributed by atoms with van der Waals surface area (Å²) in [5, 5.41) is 7.30. The number of hydrogen-bond acceptors (Lipinski definition) is 3. The molecule has 0 saturated heterocycles. The van der Waals surface area contributed by atoms with Gasteiger partial charge in [-0.15, -0.1) is 0 Å². The molecule has 0 aromatic heterocycles. The molecule has 0 fully saturated rings. The predicted octanol–water partition coefficient (Wildman–Crippen LogP) is 4.76. The monoisotopic (exact) mass is 358 g/mol. The van der Waals surface area contributed by atoms with E-state index < -0.39 is 0 Å². The Labute approximate surface area is 155 Å². The lowest BCUT2D eigenvalue weighted by atomic mass is 10.0. The smallest absolute Gasteiger partial charge is 0.171 e. The van der Waals surface area contributed by atoms with E-state index >= 15 is 0 Å². The summed E-state index contributed by atoms with van der Waals surface area (Å²) in [6, 6.07) is 12.3. The van der Waals surface area contributed by atoms with Crippen LogP contribution in [0.4, 0.5) is 5.69 Å². The fourth-order valence-electron chi connectivity index (χ4n) is 2.68. The van der Waals surface area contributed by atoms with Crippen LogP contribution in [-0.2, 0) is 0 Å². The number of aryl methyl sites for hydroxylation is 2. The van der Waals surface area contributed by atoms with Crippen LogP contribution >= 0.6 is 12.2 Å². The van der Waals surface area contributed by atoms with Gasteiger partial charge in [0.1, 0.15) is 0 Å². The van der Waals surface area contributed by atoms with Crippen molar-refractivity contribution in [3.63, 3.8) is 0 Å². The molecule has 4 nitrogen and oxygen atoms in total. The quantitative estimate of drug-likeness (QED) is 0.729. The van der Waals surface area contributed by atoms with E-state index in [2.05, 4.69) is 49.6 Å². The molecule has 0 heterocycles. The highest BCUT2D eigenvalue weighted by Gasteiger charge is 2.14. The first-order valence-electron chi connectivity index (χ1n) is 8.35. The lowest BCUT2D eigenvalue weighted by Gasteiger charge is -2.22. The molecule has 2 N–H and O–H groups in total. The van der Waals surface area contributed by atoms with E-state index in [4.69, 9.17) is 21.7 Å². The molecule has 2 rings (SSSR count). The summed E-state index contributed by atoms with van der Waals surface area (Å²) in [5.41, 5.74) is 4.49. The molecule has 0 radical (unpaired) electrons. The van der Waals surface area contributed by atoms with Gasteiger partial charge in [-0.25, -0.2) is 0 Å². The Balaban J connectivity index is 2.13. The molecule has 2 aromatic rings. The van der Waals surface area contributed by atoms with Gasteiger partial charge in [0.15, 0.2) is 16.6 Å². The highest BCUT2D eigenvalue weighted by molar-refractivity contribution is 7.80. The van der Waals surface area contributed by atoms with Crippen molar-refractivity contribution in [2.24, 2.45) is 0 Å². The van der Waals surface area contributed by atoms with E-state index in [1.165, 1.54) is 5.56 Å². The molecule has 0 bridgehead atoms. The van der Waals surface area contributed by atoms with E-state index in [9.17, 15) is 0 Å². The first kappa shape index (κ1) is 19.1. The Bertz CT molecular complexity index is 746. The van der Waals surface area contributed by atoms with Gasteiger partial charge in [0.05, 0.1) is 20.3 Å². The van der Waals surface area contributed by atoms with Crippen molar-refractivity contribution in [2.75, 3.05) is 19.5 Å². The van der Waals surface area contributed by atoms with Crippen LogP contribution in [0.3, 0.4) is 0 Å². The molecule has 0 aliphatic rings. The number of hydrogen-bond donors (Lipinski definition) is 2. The summed E-state index contributed by atoms with van der Waals surface area (Å²) in [6.45, 7) is 6.25. The highest BCUT2D eigenvalue weighted by Crippen LogP contribution is 2.31. The topological polar surface area (TPSA) is 42.5 Å². The largest absolute Gasteiger partial charge is 0.493 e. The van der Waals surface area contributed by atoms with Gasteiger partial charge in [0.2, 0.25) is 0 Å². The number of anilines is 1. The van der Waals surface area contributed by atoms with Crippen LogP contribution < -0.4 is 20.1 Å². The van der Waals surface area contributed by atoms with Gasteiger partial charge in [-0.2, -0.15) is 0 Å². The van der Waals surface area contributed by atoms with Gasteiger partial charge < -0.3 is 20.1 Å². The highest BCUT2D eigenvalue weighted by atomic mass is 32.1. The molecule has 5 heteroatoms. The summed E-state index contributed by atoms with van der Waals surface area (Å²) in [6.07, 6.45) is 0.893. The maximum Gasteiger partial charge on any atom is 0.171 e. The molecule has 0 spiro atoms. The first-order valence-corrected chi connectivity index (χ1v) is 8.76. The van der Waals surface area contributed by atoms with Gasteiger partial charge in [-0.05, 0) is 67.4 Å². The zero-order valence-electron chi connectivity index (χ0n) is 15.5. The van der Waals surface area contributed by atoms with Crippen molar-refractivity contribution in [2.45, 2.75) is 33.2 Å². The average Bonchev–Trinajstić information content (AvgIpc) is 2.62. The van der Waals surface area contributed by atoms with Gasteiger partial charge in [-0.1, -0.05) is 25.1 Å². The fourth-order valence-corrected chi connectivity index (χ4v) is 2.93. The standard InChI is InChI=1S/C20H26N2O2S/c1-6-16(15-9-10-18(23-4)19(12-15)24-5)21-20(25)22-17-11-13(2)7-8-14(17)3/h7-12,16H,6H2,1-5H3,(H2,21,22,25). The number of benzene rings is 2. The third kappa shape index (κ3) is 4.86. The van der Waals surface area contributed by atoms with Gasteiger partial charge in [-0.3, -0.25) is 0 Å². The minimum Gasteiger partial charge on any atom is -0.493 e. The van der Waals surface area contributed by atoms with Gasteiger partial charge in [0.25, 0.3) is 0 Å². The lowest BCUT2D eigenvalue weighted by Crippen LogP contribution is -2.32. The SMILES string of the molecule is CCC(NC(=S)Nc1cc(C)ccc1C)c1ccc(OC)c(OC)c1. The molecular formula is C20H26N2O2S. The third-order valence-electron chi connectivity index (χ3n) is 4.16. The van der Waals surface area contributed by atoms with Crippen LogP contribution in [0.25, 0.3) is 0 Å². The van der Waals surface area contributed by atoms with E-state index in [0.29, 0.717) is 10.9 Å². The van der Waals surface area contributed by atoms with Crippen molar-refractivity contribution in [1.82, 2.24) is 5.32 Å². The van der Waals surface area contributed by atoms with Crippen molar-refractivity contribution in [3.05, 3.63) is 53.1 Å². The summed E-state index contributed by atoms with van der Waals surface area (Å²) < 4.78 is 10.7. The molecule has 25 heavy (non-hydrogen) atoms. The Kier molecular flexibility index (Phi) is 6.65. The Hall–Kier alpha value is -2.27. The van der Waals surface area contributed by atoms with E-state index in [1.54, 1.807) is 14.2 Å². The predicted molar refractivity (Wildman–Crippen MR) is 108 cm³/mol. The Morgan fingerprint density at radius 1 is 1.04 bits per heavy atom. The van der Waals surface area contributed by atoms with Crippen LogP contribution in [0.1, 0.15) is 36.1 Å².